The van der Waals surface area contributed by atoms with Crippen LogP contribution in [0.2, 0.25) is 5.02 Å². The smallest absolute Gasteiger partial charge is 0.315 e. The molecule has 2 aromatic carbocycles. The largest absolute Gasteiger partial charge is 0.361 e. The summed E-state index contributed by atoms with van der Waals surface area (Å²) in [4.78, 5) is 42.6. The Morgan fingerprint density at radius 3 is 2.53 bits per heavy atom. The van der Waals surface area contributed by atoms with Gasteiger partial charge >= 0.3 is 6.03 Å². The molecule has 1 saturated heterocycles. The van der Waals surface area contributed by atoms with E-state index < -0.39 is 6.04 Å². The number of amides is 3. The fraction of sp³-hybridized carbons (Fsp3) is 0.292. The van der Waals surface area contributed by atoms with E-state index in [1.54, 1.807) is 36.2 Å². The summed E-state index contributed by atoms with van der Waals surface area (Å²) in [6, 6.07) is 13.4. The number of aromatic nitrogens is 1. The zero-order chi connectivity index (χ0) is 22.7. The van der Waals surface area contributed by atoms with Gasteiger partial charge in [-0.3, -0.25) is 9.59 Å². The molecule has 3 aromatic rings. The van der Waals surface area contributed by atoms with Crippen molar-refractivity contribution in [3.05, 3.63) is 81.1 Å². The first kappa shape index (κ1) is 21.9. The predicted molar refractivity (Wildman–Crippen MR) is 125 cm³/mol. The Balaban J connectivity index is 1.57. The van der Waals surface area contributed by atoms with Crippen molar-refractivity contribution in [1.82, 2.24) is 20.5 Å². The van der Waals surface area contributed by atoms with Crippen molar-refractivity contribution in [2.24, 2.45) is 0 Å². The first-order valence-electron chi connectivity index (χ1n) is 10.6. The van der Waals surface area contributed by atoms with Crippen molar-refractivity contribution in [1.29, 1.82) is 0 Å². The Hall–Kier alpha value is -3.32. The van der Waals surface area contributed by atoms with Crippen LogP contribution in [-0.2, 0) is 4.79 Å². The summed E-state index contributed by atoms with van der Waals surface area (Å²) < 4.78 is 0. The van der Waals surface area contributed by atoms with Gasteiger partial charge in [0.2, 0.25) is 5.91 Å². The summed E-state index contributed by atoms with van der Waals surface area (Å²) in [5, 5.41) is 7.01. The summed E-state index contributed by atoms with van der Waals surface area (Å²) in [5.41, 5.74) is 1.71. The number of urea groups is 1. The van der Waals surface area contributed by atoms with Gasteiger partial charge in [-0.05, 0) is 36.6 Å². The number of hydrogen-bond acceptors (Lipinski definition) is 3. The van der Waals surface area contributed by atoms with Crippen LogP contribution in [0.25, 0.3) is 10.9 Å². The van der Waals surface area contributed by atoms with Gasteiger partial charge in [-0.15, -0.1) is 0 Å². The molecule has 8 heteroatoms. The van der Waals surface area contributed by atoms with Crippen LogP contribution in [0.5, 0.6) is 0 Å². The van der Waals surface area contributed by atoms with Crippen molar-refractivity contribution in [3.63, 3.8) is 0 Å². The maximum atomic E-state index is 13.3. The van der Waals surface area contributed by atoms with Gasteiger partial charge in [-0.25, -0.2) is 4.79 Å². The minimum atomic E-state index is -0.627. The summed E-state index contributed by atoms with van der Waals surface area (Å²) in [6.45, 7) is 2.80. The molecule has 3 N–H and O–H groups in total. The number of benzene rings is 2. The molecule has 0 saturated carbocycles. The van der Waals surface area contributed by atoms with Gasteiger partial charge < -0.3 is 20.5 Å². The average Bonchev–Trinajstić information content (AvgIpc) is 2.79. The number of aromatic amines is 1. The number of halogens is 1. The standard InChI is InChI=1S/C24H25ClN4O3/c1-15(30)29-11-9-18(10-12-29)27-24(32)28-22(16-5-3-2-4-6-16)20-14-26-21-13-17(25)7-8-19(21)23(20)31/h2-8,13-14,18,22H,9-12H2,1H3,(H,26,31)(H2,27,28,32). The molecule has 1 fully saturated rings. The zero-order valence-electron chi connectivity index (χ0n) is 17.7. The lowest BCUT2D eigenvalue weighted by atomic mass is 9.98. The molecule has 0 aliphatic carbocycles. The Bertz CT molecular complexity index is 1190. The maximum absolute atomic E-state index is 13.3. The highest BCUT2D eigenvalue weighted by Crippen LogP contribution is 2.22. The third-order valence-electron chi connectivity index (χ3n) is 5.87. The third kappa shape index (κ3) is 4.78. The van der Waals surface area contributed by atoms with Crippen molar-refractivity contribution >= 4 is 34.4 Å². The van der Waals surface area contributed by atoms with E-state index >= 15 is 0 Å². The summed E-state index contributed by atoms with van der Waals surface area (Å²) in [5.74, 6) is 0.0499. The van der Waals surface area contributed by atoms with Crippen molar-refractivity contribution in [2.45, 2.75) is 31.8 Å². The molecular formula is C24H25ClN4O3. The Morgan fingerprint density at radius 1 is 1.12 bits per heavy atom. The Kier molecular flexibility index (Phi) is 6.46. The molecule has 166 valence electrons. The lowest BCUT2D eigenvalue weighted by Crippen LogP contribution is -2.49. The SMILES string of the molecule is CC(=O)N1CCC(NC(=O)NC(c2ccccc2)c2c[nH]c3cc(Cl)ccc3c2=O)CC1. The molecule has 1 unspecified atom stereocenters. The fourth-order valence-corrected chi connectivity index (χ4v) is 4.28. The van der Waals surface area contributed by atoms with Crippen LogP contribution in [0.3, 0.4) is 0 Å². The molecule has 1 aliphatic rings. The van der Waals surface area contributed by atoms with Gasteiger partial charge in [0.15, 0.2) is 5.43 Å². The third-order valence-corrected chi connectivity index (χ3v) is 6.10. The monoisotopic (exact) mass is 452 g/mol. The van der Waals surface area contributed by atoms with E-state index in [2.05, 4.69) is 15.6 Å². The van der Waals surface area contributed by atoms with E-state index in [0.29, 0.717) is 47.4 Å². The van der Waals surface area contributed by atoms with Crippen LogP contribution in [0.4, 0.5) is 4.79 Å². The number of nitrogens with one attached hydrogen (secondary N) is 3. The quantitative estimate of drug-likeness (QED) is 0.564. The molecule has 7 nitrogen and oxygen atoms in total. The second-order valence-electron chi connectivity index (χ2n) is 8.00. The number of rotatable bonds is 4. The topological polar surface area (TPSA) is 94.3 Å². The minimum absolute atomic E-state index is 0.0287. The van der Waals surface area contributed by atoms with Crippen LogP contribution >= 0.6 is 11.6 Å². The maximum Gasteiger partial charge on any atom is 0.315 e. The summed E-state index contributed by atoms with van der Waals surface area (Å²) >= 11 is 6.05. The average molecular weight is 453 g/mol. The highest BCUT2D eigenvalue weighted by atomic mass is 35.5. The van der Waals surface area contributed by atoms with Crippen LogP contribution < -0.4 is 16.1 Å². The normalized spacial score (nSPS) is 15.4. The number of likely N-dealkylation sites (tertiary alicyclic amines) is 1. The fourth-order valence-electron chi connectivity index (χ4n) is 4.11. The van der Waals surface area contributed by atoms with Crippen LogP contribution in [-0.4, -0.2) is 41.0 Å². The molecule has 2 heterocycles. The predicted octanol–water partition coefficient (Wildman–Crippen LogP) is 3.58. The number of hydrogen-bond donors (Lipinski definition) is 3. The molecule has 4 rings (SSSR count). The number of pyridine rings is 1. The van der Waals surface area contributed by atoms with E-state index in [1.165, 1.54) is 0 Å². The van der Waals surface area contributed by atoms with E-state index in [0.717, 1.165) is 5.56 Å². The molecule has 0 radical (unpaired) electrons. The second-order valence-corrected chi connectivity index (χ2v) is 8.44. The Morgan fingerprint density at radius 2 is 1.84 bits per heavy atom. The first-order valence-corrected chi connectivity index (χ1v) is 11.0. The highest BCUT2D eigenvalue weighted by molar-refractivity contribution is 6.31. The number of nitrogens with zero attached hydrogens (tertiary/aromatic N) is 1. The summed E-state index contributed by atoms with van der Waals surface area (Å²) in [7, 11) is 0. The van der Waals surface area contributed by atoms with E-state index in [1.807, 2.05) is 30.3 Å². The number of piperidine rings is 1. The van der Waals surface area contributed by atoms with Gasteiger partial charge in [0, 0.05) is 48.2 Å². The van der Waals surface area contributed by atoms with Gasteiger partial charge in [0.05, 0.1) is 11.6 Å². The highest BCUT2D eigenvalue weighted by Gasteiger charge is 2.25. The number of H-pyrrole nitrogens is 1. The van der Waals surface area contributed by atoms with Crippen LogP contribution in [0.1, 0.15) is 36.9 Å². The van der Waals surface area contributed by atoms with Crippen LogP contribution in [0.15, 0.2) is 59.5 Å². The van der Waals surface area contributed by atoms with E-state index in [4.69, 9.17) is 11.6 Å². The zero-order valence-corrected chi connectivity index (χ0v) is 18.5. The summed E-state index contributed by atoms with van der Waals surface area (Å²) in [6.07, 6.45) is 3.02. The van der Waals surface area contributed by atoms with E-state index in [-0.39, 0.29) is 23.4 Å². The number of fused-ring (bicyclic) bond motifs is 1. The molecule has 3 amide bonds. The molecule has 1 aliphatic heterocycles. The Labute approximate surface area is 190 Å². The first-order chi connectivity index (χ1) is 15.4. The molecule has 0 bridgehead atoms. The molecule has 32 heavy (non-hydrogen) atoms. The molecule has 1 aromatic heterocycles. The number of carbonyl (C=O) groups is 2. The van der Waals surface area contributed by atoms with Gasteiger partial charge in [-0.1, -0.05) is 41.9 Å². The van der Waals surface area contributed by atoms with Crippen molar-refractivity contribution < 1.29 is 9.59 Å². The van der Waals surface area contributed by atoms with Crippen molar-refractivity contribution in [3.8, 4) is 0 Å². The van der Waals surface area contributed by atoms with Crippen molar-refractivity contribution in [2.75, 3.05) is 13.1 Å². The van der Waals surface area contributed by atoms with E-state index in [9.17, 15) is 14.4 Å². The second kappa shape index (κ2) is 9.44. The lowest BCUT2D eigenvalue weighted by molar-refractivity contribution is -0.129. The minimum Gasteiger partial charge on any atom is -0.361 e. The van der Waals surface area contributed by atoms with Gasteiger partial charge in [0.25, 0.3) is 0 Å². The number of carbonyl (C=O) groups excluding carboxylic acids is 2. The van der Waals surface area contributed by atoms with Gasteiger partial charge in [0.1, 0.15) is 0 Å². The van der Waals surface area contributed by atoms with Crippen LogP contribution in [0, 0.1) is 0 Å². The van der Waals surface area contributed by atoms with Gasteiger partial charge in [-0.2, -0.15) is 0 Å². The molecular weight excluding hydrogens is 428 g/mol. The lowest BCUT2D eigenvalue weighted by Gasteiger charge is -2.32. The molecule has 0 spiro atoms. The molecule has 1 atom stereocenters.